The van der Waals surface area contributed by atoms with Crippen molar-refractivity contribution in [1.29, 1.82) is 0 Å². The summed E-state index contributed by atoms with van der Waals surface area (Å²) in [6, 6.07) is 0. The van der Waals surface area contributed by atoms with E-state index in [9.17, 15) is 4.79 Å². The lowest BCUT2D eigenvalue weighted by Crippen LogP contribution is -2.36. The summed E-state index contributed by atoms with van der Waals surface area (Å²) in [6.07, 6.45) is 6.15. The van der Waals surface area contributed by atoms with Crippen molar-refractivity contribution in [3.05, 3.63) is 0 Å². The molecule has 3 nitrogen and oxygen atoms in total. The Morgan fingerprint density at radius 2 is 2.12 bits per heavy atom. The van der Waals surface area contributed by atoms with Crippen LogP contribution in [0.1, 0.15) is 59.3 Å². The minimum atomic E-state index is -0.462. The maximum atomic E-state index is 11.6. The molecule has 1 aliphatic carbocycles. The molecule has 0 aromatic rings. The molecule has 16 heavy (non-hydrogen) atoms. The fourth-order valence-electron chi connectivity index (χ4n) is 2.32. The molecule has 2 atom stereocenters. The van der Waals surface area contributed by atoms with Crippen molar-refractivity contribution in [3.63, 3.8) is 0 Å². The quantitative estimate of drug-likeness (QED) is 0.751. The molecule has 0 amide bonds. The molecule has 1 aliphatic rings. The first kappa shape index (κ1) is 13.5. The van der Waals surface area contributed by atoms with Crippen molar-refractivity contribution < 1.29 is 9.53 Å². The molecule has 2 unspecified atom stereocenters. The molecule has 94 valence electrons. The van der Waals surface area contributed by atoms with Crippen LogP contribution in [0.5, 0.6) is 0 Å². The normalized spacial score (nSPS) is 26.5. The molecule has 0 bridgehead atoms. The summed E-state index contributed by atoms with van der Waals surface area (Å²) < 4.78 is 5.48. The predicted octanol–water partition coefficient (Wildman–Crippen LogP) is 2.63. The molecule has 0 heterocycles. The Morgan fingerprint density at radius 1 is 1.44 bits per heavy atom. The average molecular weight is 227 g/mol. The molecule has 1 rings (SSSR count). The predicted molar refractivity (Wildman–Crippen MR) is 65.0 cm³/mol. The fraction of sp³-hybridized carbons (Fsp3) is 0.923. The molecule has 0 radical (unpaired) electrons. The van der Waals surface area contributed by atoms with Gasteiger partial charge in [0.05, 0.1) is 6.42 Å². The van der Waals surface area contributed by atoms with E-state index in [0.717, 1.165) is 18.8 Å². The molecule has 1 saturated carbocycles. The van der Waals surface area contributed by atoms with Crippen molar-refractivity contribution in [1.82, 2.24) is 0 Å². The number of carbonyl (C=O) groups excluding carboxylic acids is 1. The van der Waals surface area contributed by atoms with Gasteiger partial charge in [0.15, 0.2) is 0 Å². The molecule has 3 heteroatoms. The second-order valence-electron chi connectivity index (χ2n) is 5.72. The van der Waals surface area contributed by atoms with E-state index in [-0.39, 0.29) is 12.1 Å². The van der Waals surface area contributed by atoms with Gasteiger partial charge in [-0.2, -0.15) is 0 Å². The molecular weight excluding hydrogens is 202 g/mol. The highest BCUT2D eigenvalue weighted by molar-refractivity contribution is 5.70. The van der Waals surface area contributed by atoms with Crippen LogP contribution in [0.4, 0.5) is 0 Å². The number of nitrogens with two attached hydrogens (primary N) is 1. The fourth-order valence-corrected chi connectivity index (χ4v) is 2.32. The summed E-state index contributed by atoms with van der Waals surface area (Å²) in [5, 5.41) is 0. The average Bonchev–Trinajstić information content (AvgIpc) is 2.15. The van der Waals surface area contributed by atoms with Gasteiger partial charge in [-0.25, -0.2) is 0 Å². The number of hydrogen-bond donors (Lipinski definition) is 1. The molecule has 0 saturated heterocycles. The first-order chi connectivity index (χ1) is 7.40. The number of hydrogen-bond acceptors (Lipinski definition) is 3. The Balaban J connectivity index is 2.33. The van der Waals surface area contributed by atoms with Gasteiger partial charge in [0.1, 0.15) is 6.10 Å². The minimum absolute atomic E-state index is 0.133. The third kappa shape index (κ3) is 4.97. The van der Waals surface area contributed by atoms with Crippen LogP contribution in [0.2, 0.25) is 0 Å². The van der Waals surface area contributed by atoms with Crippen LogP contribution in [0, 0.1) is 5.92 Å². The van der Waals surface area contributed by atoms with Gasteiger partial charge in [0.25, 0.3) is 0 Å². The van der Waals surface area contributed by atoms with E-state index in [0.29, 0.717) is 6.42 Å². The van der Waals surface area contributed by atoms with E-state index < -0.39 is 5.54 Å². The zero-order chi connectivity index (χ0) is 12.2. The van der Waals surface area contributed by atoms with Gasteiger partial charge in [-0.1, -0.05) is 19.8 Å². The maximum absolute atomic E-state index is 11.6. The summed E-state index contributed by atoms with van der Waals surface area (Å²) in [6.45, 7) is 5.91. The topological polar surface area (TPSA) is 52.3 Å². The van der Waals surface area contributed by atoms with E-state index in [1.165, 1.54) is 19.3 Å². The Hall–Kier alpha value is -0.570. The summed E-state index contributed by atoms with van der Waals surface area (Å²) in [5.74, 6) is 0.590. The summed E-state index contributed by atoms with van der Waals surface area (Å²) in [5.41, 5.74) is 5.33. The first-order valence-corrected chi connectivity index (χ1v) is 6.39. The van der Waals surface area contributed by atoms with Gasteiger partial charge in [-0.3, -0.25) is 4.79 Å². The molecular formula is C13H25NO2. The van der Waals surface area contributed by atoms with Crippen LogP contribution < -0.4 is 5.73 Å². The van der Waals surface area contributed by atoms with E-state index in [1.54, 1.807) is 0 Å². The lowest BCUT2D eigenvalue weighted by Gasteiger charge is -2.29. The van der Waals surface area contributed by atoms with Crippen molar-refractivity contribution >= 4 is 5.97 Å². The van der Waals surface area contributed by atoms with E-state index in [4.69, 9.17) is 10.5 Å². The smallest absolute Gasteiger partial charge is 0.307 e. The van der Waals surface area contributed by atoms with Gasteiger partial charge < -0.3 is 10.5 Å². The van der Waals surface area contributed by atoms with Gasteiger partial charge in [-0.15, -0.1) is 0 Å². The Morgan fingerprint density at radius 3 is 2.69 bits per heavy atom. The third-order valence-corrected chi connectivity index (χ3v) is 3.21. The molecule has 2 N–H and O–H groups in total. The first-order valence-electron chi connectivity index (χ1n) is 6.39. The lowest BCUT2D eigenvalue weighted by atomic mass is 9.85. The highest BCUT2D eigenvalue weighted by atomic mass is 16.5. The van der Waals surface area contributed by atoms with Crippen LogP contribution in [0.25, 0.3) is 0 Å². The van der Waals surface area contributed by atoms with Crippen LogP contribution >= 0.6 is 0 Å². The SMILES string of the molecule is CCC1CCCC(OC(=O)CC(C)(C)N)C1. The second kappa shape index (κ2) is 5.67. The van der Waals surface area contributed by atoms with E-state index >= 15 is 0 Å². The molecule has 0 aromatic carbocycles. The summed E-state index contributed by atoms with van der Waals surface area (Å²) >= 11 is 0. The van der Waals surface area contributed by atoms with Crippen molar-refractivity contribution in [2.45, 2.75) is 70.9 Å². The van der Waals surface area contributed by atoms with Gasteiger partial charge in [0.2, 0.25) is 0 Å². The van der Waals surface area contributed by atoms with Crippen molar-refractivity contribution in [2.24, 2.45) is 11.7 Å². The minimum Gasteiger partial charge on any atom is -0.462 e. The lowest BCUT2D eigenvalue weighted by molar-refractivity contribution is -0.152. The molecule has 0 aliphatic heterocycles. The maximum Gasteiger partial charge on any atom is 0.307 e. The standard InChI is InChI=1S/C13H25NO2/c1-4-10-6-5-7-11(8-10)16-12(15)9-13(2,3)14/h10-11H,4-9,14H2,1-3H3. The van der Waals surface area contributed by atoms with Crippen LogP contribution in [0.15, 0.2) is 0 Å². The zero-order valence-electron chi connectivity index (χ0n) is 10.8. The van der Waals surface area contributed by atoms with Crippen LogP contribution in [0.3, 0.4) is 0 Å². The molecule has 0 aromatic heterocycles. The Kier molecular flexibility index (Phi) is 4.78. The third-order valence-electron chi connectivity index (χ3n) is 3.21. The highest BCUT2D eigenvalue weighted by Crippen LogP contribution is 2.28. The van der Waals surface area contributed by atoms with Crippen molar-refractivity contribution in [2.75, 3.05) is 0 Å². The molecule has 0 spiro atoms. The second-order valence-corrected chi connectivity index (χ2v) is 5.72. The summed E-state index contributed by atoms with van der Waals surface area (Å²) in [4.78, 5) is 11.6. The van der Waals surface area contributed by atoms with Crippen LogP contribution in [-0.2, 0) is 9.53 Å². The monoisotopic (exact) mass is 227 g/mol. The summed E-state index contributed by atoms with van der Waals surface area (Å²) in [7, 11) is 0. The zero-order valence-corrected chi connectivity index (χ0v) is 10.8. The number of ether oxygens (including phenoxy) is 1. The largest absolute Gasteiger partial charge is 0.462 e. The van der Waals surface area contributed by atoms with Crippen LogP contribution in [-0.4, -0.2) is 17.6 Å². The van der Waals surface area contributed by atoms with Gasteiger partial charge >= 0.3 is 5.97 Å². The van der Waals surface area contributed by atoms with E-state index in [2.05, 4.69) is 6.92 Å². The Labute approximate surface area is 98.7 Å². The van der Waals surface area contributed by atoms with Gasteiger partial charge in [0, 0.05) is 5.54 Å². The van der Waals surface area contributed by atoms with E-state index in [1.807, 2.05) is 13.8 Å². The molecule has 1 fully saturated rings. The number of rotatable bonds is 4. The Bertz CT molecular complexity index is 233. The highest BCUT2D eigenvalue weighted by Gasteiger charge is 2.25. The number of carbonyl (C=O) groups is 1. The van der Waals surface area contributed by atoms with Crippen molar-refractivity contribution in [3.8, 4) is 0 Å². The number of esters is 1. The van der Waals surface area contributed by atoms with Gasteiger partial charge in [-0.05, 0) is 39.0 Å².